The Morgan fingerprint density at radius 1 is 1.30 bits per heavy atom. The second-order valence-electron chi connectivity index (χ2n) is 4.88. The quantitative estimate of drug-likeness (QED) is 0.723. The van der Waals surface area contributed by atoms with Crippen molar-refractivity contribution in [1.29, 1.82) is 0 Å². The lowest BCUT2D eigenvalue weighted by Crippen LogP contribution is -2.30. The number of thioether (sulfide) groups is 1. The number of carboxylic acids is 1. The first-order valence-electron chi connectivity index (χ1n) is 7.24. The Hall–Kier alpha value is -1.16. The van der Waals surface area contributed by atoms with E-state index in [1.165, 1.54) is 11.8 Å². The van der Waals surface area contributed by atoms with E-state index in [4.69, 9.17) is 0 Å². The fourth-order valence-corrected chi connectivity index (χ4v) is 3.04. The molecule has 0 spiro atoms. The van der Waals surface area contributed by atoms with E-state index in [0.29, 0.717) is 11.5 Å². The van der Waals surface area contributed by atoms with Crippen molar-refractivity contribution in [3.63, 3.8) is 0 Å². The number of carboxylic acid groups (broad SMARTS) is 1. The third kappa shape index (κ3) is 3.92. The van der Waals surface area contributed by atoms with E-state index in [9.17, 15) is 9.90 Å². The van der Waals surface area contributed by atoms with Crippen molar-refractivity contribution in [3.8, 4) is 0 Å². The Labute approximate surface area is 126 Å². The third-order valence-electron chi connectivity index (χ3n) is 3.79. The van der Waals surface area contributed by atoms with Crippen LogP contribution in [-0.4, -0.2) is 30.4 Å². The van der Waals surface area contributed by atoms with E-state index < -0.39 is 5.97 Å². The molecule has 112 valence electrons. The zero-order valence-corrected chi connectivity index (χ0v) is 13.7. The zero-order valence-electron chi connectivity index (χ0n) is 12.8. The maximum atomic E-state index is 11.6. The molecule has 0 fully saturated rings. The molecule has 0 aliphatic rings. The van der Waals surface area contributed by atoms with E-state index in [0.717, 1.165) is 36.5 Å². The highest BCUT2D eigenvalue weighted by atomic mass is 32.2. The van der Waals surface area contributed by atoms with E-state index >= 15 is 0 Å². The van der Waals surface area contributed by atoms with Gasteiger partial charge in [-0.05, 0) is 31.2 Å². The first-order chi connectivity index (χ1) is 9.58. The van der Waals surface area contributed by atoms with Crippen LogP contribution >= 0.6 is 11.8 Å². The molecule has 1 aromatic rings. The van der Waals surface area contributed by atoms with Crippen LogP contribution in [-0.2, 0) is 0 Å². The molecule has 1 aromatic carbocycles. The first kappa shape index (κ1) is 16.9. The SMILES string of the molecule is CCC(CC)CN(CC)c1cccc(SC)c1C(=O)O. The first-order valence-corrected chi connectivity index (χ1v) is 8.46. The van der Waals surface area contributed by atoms with Crippen LogP contribution in [0.2, 0.25) is 0 Å². The van der Waals surface area contributed by atoms with Gasteiger partial charge in [-0.25, -0.2) is 4.79 Å². The monoisotopic (exact) mass is 295 g/mol. The summed E-state index contributed by atoms with van der Waals surface area (Å²) in [5.41, 5.74) is 1.28. The lowest BCUT2D eigenvalue weighted by molar-refractivity contribution is 0.0694. The molecule has 0 radical (unpaired) electrons. The highest BCUT2D eigenvalue weighted by Crippen LogP contribution is 2.30. The smallest absolute Gasteiger partial charge is 0.338 e. The number of aromatic carboxylic acids is 1. The molecule has 1 rings (SSSR count). The summed E-state index contributed by atoms with van der Waals surface area (Å²) in [7, 11) is 0. The predicted molar refractivity (Wildman–Crippen MR) is 87.1 cm³/mol. The standard InChI is InChI=1S/C16H25NO2S/c1-5-12(6-2)11-17(7-3)13-9-8-10-14(20-4)15(13)16(18)19/h8-10,12H,5-7,11H2,1-4H3,(H,18,19). The number of hydrogen-bond donors (Lipinski definition) is 1. The third-order valence-corrected chi connectivity index (χ3v) is 4.57. The van der Waals surface area contributed by atoms with Crippen LogP contribution in [0.25, 0.3) is 0 Å². The normalized spacial score (nSPS) is 10.8. The van der Waals surface area contributed by atoms with Gasteiger partial charge in [0, 0.05) is 18.0 Å². The van der Waals surface area contributed by atoms with Crippen LogP contribution in [0.5, 0.6) is 0 Å². The van der Waals surface area contributed by atoms with Crippen LogP contribution in [0, 0.1) is 5.92 Å². The molecule has 0 bridgehead atoms. The number of rotatable bonds is 8. The van der Waals surface area contributed by atoms with Gasteiger partial charge in [0.2, 0.25) is 0 Å². The lowest BCUT2D eigenvalue weighted by Gasteiger charge is -2.29. The molecule has 0 aliphatic heterocycles. The van der Waals surface area contributed by atoms with Crippen molar-refractivity contribution in [2.45, 2.75) is 38.5 Å². The molecular formula is C16H25NO2S. The molecule has 0 saturated carbocycles. The van der Waals surface area contributed by atoms with Crippen molar-refractivity contribution in [1.82, 2.24) is 0 Å². The minimum absolute atomic E-state index is 0.438. The highest BCUT2D eigenvalue weighted by Gasteiger charge is 2.20. The Morgan fingerprint density at radius 3 is 2.40 bits per heavy atom. The summed E-state index contributed by atoms with van der Waals surface area (Å²) in [4.78, 5) is 14.6. The average molecular weight is 295 g/mol. The Balaban J connectivity index is 3.17. The molecule has 0 atom stereocenters. The molecule has 0 heterocycles. The fourth-order valence-electron chi connectivity index (χ4n) is 2.42. The van der Waals surface area contributed by atoms with Gasteiger partial charge in [-0.1, -0.05) is 32.8 Å². The average Bonchev–Trinajstić information content (AvgIpc) is 2.47. The molecular weight excluding hydrogens is 270 g/mol. The molecule has 20 heavy (non-hydrogen) atoms. The Kier molecular flexibility index (Phi) is 6.93. The maximum Gasteiger partial charge on any atom is 0.338 e. The van der Waals surface area contributed by atoms with Gasteiger partial charge >= 0.3 is 5.97 Å². The van der Waals surface area contributed by atoms with Crippen molar-refractivity contribution in [2.24, 2.45) is 5.92 Å². The largest absolute Gasteiger partial charge is 0.478 e. The van der Waals surface area contributed by atoms with Gasteiger partial charge in [-0.3, -0.25) is 0 Å². The minimum Gasteiger partial charge on any atom is -0.478 e. The number of benzene rings is 1. The number of carbonyl (C=O) groups is 1. The van der Waals surface area contributed by atoms with Crippen LogP contribution in [0.4, 0.5) is 5.69 Å². The van der Waals surface area contributed by atoms with E-state index in [1.807, 2.05) is 24.5 Å². The maximum absolute atomic E-state index is 11.6. The van der Waals surface area contributed by atoms with Crippen LogP contribution in [0.3, 0.4) is 0 Å². The van der Waals surface area contributed by atoms with Crippen LogP contribution < -0.4 is 4.90 Å². The molecule has 0 aliphatic carbocycles. The van der Waals surface area contributed by atoms with Crippen molar-refractivity contribution >= 4 is 23.4 Å². The molecule has 0 unspecified atom stereocenters. The molecule has 0 amide bonds. The zero-order chi connectivity index (χ0) is 15.1. The number of nitrogens with zero attached hydrogens (tertiary/aromatic N) is 1. The summed E-state index contributed by atoms with van der Waals surface area (Å²) < 4.78 is 0. The van der Waals surface area contributed by atoms with Crippen molar-refractivity contribution in [2.75, 3.05) is 24.2 Å². The summed E-state index contributed by atoms with van der Waals surface area (Å²) in [6, 6.07) is 5.75. The molecule has 0 aromatic heterocycles. The van der Waals surface area contributed by atoms with Gasteiger partial charge in [0.15, 0.2) is 0 Å². The summed E-state index contributed by atoms with van der Waals surface area (Å²) in [5, 5.41) is 9.53. The molecule has 3 nitrogen and oxygen atoms in total. The molecule has 0 saturated heterocycles. The second-order valence-corrected chi connectivity index (χ2v) is 5.73. The second kappa shape index (κ2) is 8.20. The highest BCUT2D eigenvalue weighted by molar-refractivity contribution is 7.98. The topological polar surface area (TPSA) is 40.5 Å². The van der Waals surface area contributed by atoms with Crippen LogP contribution in [0.1, 0.15) is 44.0 Å². The molecule has 4 heteroatoms. The van der Waals surface area contributed by atoms with Gasteiger partial charge < -0.3 is 10.0 Å². The van der Waals surface area contributed by atoms with E-state index in [1.54, 1.807) is 0 Å². The number of anilines is 1. The van der Waals surface area contributed by atoms with E-state index in [2.05, 4.69) is 25.7 Å². The van der Waals surface area contributed by atoms with Gasteiger partial charge in [0.05, 0.1) is 11.3 Å². The van der Waals surface area contributed by atoms with Crippen molar-refractivity contribution < 1.29 is 9.90 Å². The van der Waals surface area contributed by atoms with Gasteiger partial charge in [-0.2, -0.15) is 0 Å². The summed E-state index contributed by atoms with van der Waals surface area (Å²) in [5.74, 6) is -0.234. The Bertz CT molecular complexity index is 444. The van der Waals surface area contributed by atoms with E-state index in [-0.39, 0.29) is 0 Å². The van der Waals surface area contributed by atoms with Crippen LogP contribution in [0.15, 0.2) is 23.1 Å². The minimum atomic E-state index is -0.840. The fraction of sp³-hybridized carbons (Fsp3) is 0.562. The van der Waals surface area contributed by atoms with Crippen molar-refractivity contribution in [3.05, 3.63) is 23.8 Å². The number of hydrogen-bond acceptors (Lipinski definition) is 3. The predicted octanol–water partition coefficient (Wildman–Crippen LogP) is 4.37. The lowest BCUT2D eigenvalue weighted by atomic mass is 10.0. The van der Waals surface area contributed by atoms with Gasteiger partial charge in [-0.15, -0.1) is 11.8 Å². The summed E-state index contributed by atoms with van der Waals surface area (Å²) >= 11 is 1.49. The van der Waals surface area contributed by atoms with Gasteiger partial charge in [0.1, 0.15) is 0 Å². The van der Waals surface area contributed by atoms with Gasteiger partial charge in [0.25, 0.3) is 0 Å². The summed E-state index contributed by atoms with van der Waals surface area (Å²) in [6.45, 7) is 8.22. The Morgan fingerprint density at radius 2 is 1.95 bits per heavy atom. The molecule has 1 N–H and O–H groups in total. The summed E-state index contributed by atoms with van der Waals surface area (Å²) in [6.07, 6.45) is 4.16.